The molecule has 0 saturated carbocycles. The fourth-order valence-corrected chi connectivity index (χ4v) is 1.87. The molecular formula is C13H16FN3. The molecule has 1 aromatic carbocycles. The van der Waals surface area contributed by atoms with Crippen molar-refractivity contribution < 1.29 is 4.39 Å². The van der Waals surface area contributed by atoms with E-state index in [1.165, 1.54) is 6.07 Å². The maximum Gasteiger partial charge on any atom is 0.123 e. The van der Waals surface area contributed by atoms with E-state index in [0.29, 0.717) is 6.54 Å². The summed E-state index contributed by atoms with van der Waals surface area (Å²) in [6.07, 6.45) is 3.48. The molecule has 0 atom stereocenters. The molecule has 0 fully saturated rings. The van der Waals surface area contributed by atoms with Crippen LogP contribution in [-0.4, -0.2) is 9.55 Å². The summed E-state index contributed by atoms with van der Waals surface area (Å²) >= 11 is 0. The van der Waals surface area contributed by atoms with Gasteiger partial charge in [0.25, 0.3) is 0 Å². The number of halogens is 1. The fourth-order valence-electron chi connectivity index (χ4n) is 1.87. The van der Waals surface area contributed by atoms with Crippen molar-refractivity contribution in [2.24, 2.45) is 12.8 Å². The summed E-state index contributed by atoms with van der Waals surface area (Å²) in [4.78, 5) is 4.23. The molecule has 0 unspecified atom stereocenters. The highest BCUT2D eigenvalue weighted by atomic mass is 19.1. The molecule has 1 aromatic heterocycles. The molecule has 17 heavy (non-hydrogen) atoms. The molecule has 0 amide bonds. The van der Waals surface area contributed by atoms with Crippen LogP contribution in [0.25, 0.3) is 0 Å². The standard InChI is InChI=1S/C13H16FN3/c1-17-12(9-16-13(17)8-15)6-5-10-3-2-4-11(14)7-10/h2-4,7,9H,5-6,8,15H2,1H3. The SMILES string of the molecule is Cn1c(CCc2cccc(F)c2)cnc1CN. The Kier molecular flexibility index (Phi) is 3.54. The Morgan fingerprint density at radius 3 is 2.82 bits per heavy atom. The molecular weight excluding hydrogens is 217 g/mol. The van der Waals surface area contributed by atoms with Gasteiger partial charge in [-0.15, -0.1) is 0 Å². The highest BCUT2D eigenvalue weighted by Crippen LogP contribution is 2.09. The summed E-state index contributed by atoms with van der Waals surface area (Å²) in [6.45, 7) is 0.441. The first kappa shape index (κ1) is 11.8. The van der Waals surface area contributed by atoms with Crippen molar-refractivity contribution in [3.8, 4) is 0 Å². The molecule has 0 bridgehead atoms. The Morgan fingerprint density at radius 1 is 1.35 bits per heavy atom. The molecule has 90 valence electrons. The fraction of sp³-hybridized carbons (Fsp3) is 0.308. The largest absolute Gasteiger partial charge is 0.334 e. The lowest BCUT2D eigenvalue weighted by atomic mass is 10.1. The highest BCUT2D eigenvalue weighted by Gasteiger charge is 2.05. The predicted molar refractivity (Wildman–Crippen MR) is 64.9 cm³/mol. The molecule has 0 aliphatic rings. The maximum absolute atomic E-state index is 13.0. The third-order valence-corrected chi connectivity index (χ3v) is 2.92. The smallest absolute Gasteiger partial charge is 0.123 e. The molecule has 0 saturated heterocycles. The Balaban J connectivity index is 2.05. The molecule has 0 spiro atoms. The van der Waals surface area contributed by atoms with Gasteiger partial charge in [-0.05, 0) is 30.5 Å². The normalized spacial score (nSPS) is 10.8. The van der Waals surface area contributed by atoms with Crippen molar-refractivity contribution >= 4 is 0 Å². The Bertz CT molecular complexity index is 505. The van der Waals surface area contributed by atoms with E-state index in [9.17, 15) is 4.39 Å². The van der Waals surface area contributed by atoms with Gasteiger partial charge in [-0.25, -0.2) is 9.37 Å². The van der Waals surface area contributed by atoms with Crippen molar-refractivity contribution in [3.05, 3.63) is 53.4 Å². The summed E-state index contributed by atoms with van der Waals surface area (Å²) in [5.74, 6) is 0.689. The third kappa shape index (κ3) is 2.71. The molecule has 1 heterocycles. The minimum Gasteiger partial charge on any atom is -0.334 e. The van der Waals surface area contributed by atoms with Gasteiger partial charge in [0.2, 0.25) is 0 Å². The van der Waals surface area contributed by atoms with Crippen LogP contribution in [0.2, 0.25) is 0 Å². The molecule has 2 rings (SSSR count). The molecule has 0 aliphatic carbocycles. The first-order valence-electron chi connectivity index (χ1n) is 5.64. The lowest BCUT2D eigenvalue weighted by molar-refractivity contribution is 0.624. The van der Waals surface area contributed by atoms with Crippen molar-refractivity contribution in [2.75, 3.05) is 0 Å². The van der Waals surface area contributed by atoms with Crippen LogP contribution < -0.4 is 5.73 Å². The van der Waals surface area contributed by atoms with Crippen LogP contribution in [0.4, 0.5) is 4.39 Å². The van der Waals surface area contributed by atoms with E-state index in [-0.39, 0.29) is 5.82 Å². The van der Waals surface area contributed by atoms with Gasteiger partial charge in [0, 0.05) is 18.9 Å². The van der Waals surface area contributed by atoms with E-state index in [1.807, 2.05) is 23.9 Å². The van der Waals surface area contributed by atoms with E-state index in [0.717, 1.165) is 29.9 Å². The second kappa shape index (κ2) is 5.10. The van der Waals surface area contributed by atoms with Crippen molar-refractivity contribution in [2.45, 2.75) is 19.4 Å². The number of aromatic nitrogens is 2. The van der Waals surface area contributed by atoms with Crippen molar-refractivity contribution in [3.63, 3.8) is 0 Å². The van der Waals surface area contributed by atoms with Crippen LogP contribution >= 0.6 is 0 Å². The summed E-state index contributed by atoms with van der Waals surface area (Å²) in [5.41, 5.74) is 7.68. The lowest BCUT2D eigenvalue weighted by Crippen LogP contribution is -2.07. The predicted octanol–water partition coefficient (Wildman–Crippen LogP) is 1.80. The zero-order chi connectivity index (χ0) is 12.3. The number of nitrogens with two attached hydrogens (primary N) is 1. The van der Waals surface area contributed by atoms with Gasteiger partial charge in [-0.3, -0.25) is 0 Å². The quantitative estimate of drug-likeness (QED) is 0.875. The number of aryl methyl sites for hydroxylation is 2. The van der Waals surface area contributed by atoms with Gasteiger partial charge in [0.05, 0.1) is 6.54 Å². The van der Waals surface area contributed by atoms with Gasteiger partial charge in [0.1, 0.15) is 11.6 Å². The molecule has 2 N–H and O–H groups in total. The molecule has 2 aromatic rings. The van der Waals surface area contributed by atoms with Crippen molar-refractivity contribution in [1.29, 1.82) is 0 Å². The van der Waals surface area contributed by atoms with Crippen LogP contribution in [-0.2, 0) is 26.4 Å². The zero-order valence-corrected chi connectivity index (χ0v) is 9.86. The maximum atomic E-state index is 13.0. The summed E-state index contributed by atoms with van der Waals surface area (Å²) in [5, 5.41) is 0. The van der Waals surface area contributed by atoms with Gasteiger partial charge >= 0.3 is 0 Å². The average molecular weight is 233 g/mol. The number of hydrogen-bond acceptors (Lipinski definition) is 2. The minimum atomic E-state index is -0.185. The summed E-state index contributed by atoms with van der Waals surface area (Å²) in [6, 6.07) is 6.70. The molecule has 4 heteroatoms. The van der Waals surface area contributed by atoms with Gasteiger partial charge in [0.15, 0.2) is 0 Å². The Hall–Kier alpha value is -1.68. The Morgan fingerprint density at radius 2 is 2.18 bits per heavy atom. The van der Waals surface area contributed by atoms with Crippen LogP contribution in [0.5, 0.6) is 0 Å². The van der Waals surface area contributed by atoms with E-state index < -0.39 is 0 Å². The Labute approximate surface area is 100 Å². The number of rotatable bonds is 4. The van der Waals surface area contributed by atoms with Crippen LogP contribution in [0.15, 0.2) is 30.5 Å². The van der Waals surface area contributed by atoms with Gasteiger partial charge in [-0.1, -0.05) is 12.1 Å². The summed E-state index contributed by atoms with van der Waals surface area (Å²) in [7, 11) is 1.95. The van der Waals surface area contributed by atoms with Crippen LogP contribution in [0.1, 0.15) is 17.1 Å². The first-order valence-corrected chi connectivity index (χ1v) is 5.64. The summed E-state index contributed by atoms with van der Waals surface area (Å²) < 4.78 is 15.0. The topological polar surface area (TPSA) is 43.8 Å². The molecule has 3 nitrogen and oxygen atoms in total. The number of benzene rings is 1. The van der Waals surface area contributed by atoms with E-state index in [1.54, 1.807) is 12.1 Å². The minimum absolute atomic E-state index is 0.185. The lowest BCUT2D eigenvalue weighted by Gasteiger charge is -2.05. The van der Waals surface area contributed by atoms with E-state index >= 15 is 0 Å². The zero-order valence-electron chi connectivity index (χ0n) is 9.86. The van der Waals surface area contributed by atoms with Gasteiger partial charge < -0.3 is 10.3 Å². The first-order chi connectivity index (χ1) is 8.20. The van der Waals surface area contributed by atoms with Gasteiger partial charge in [-0.2, -0.15) is 0 Å². The van der Waals surface area contributed by atoms with Crippen LogP contribution in [0, 0.1) is 5.82 Å². The van der Waals surface area contributed by atoms with E-state index in [4.69, 9.17) is 5.73 Å². The highest BCUT2D eigenvalue weighted by molar-refractivity contribution is 5.18. The second-order valence-corrected chi connectivity index (χ2v) is 4.06. The average Bonchev–Trinajstić information content (AvgIpc) is 2.67. The second-order valence-electron chi connectivity index (χ2n) is 4.06. The van der Waals surface area contributed by atoms with E-state index in [2.05, 4.69) is 4.98 Å². The number of nitrogens with zero attached hydrogens (tertiary/aromatic N) is 2. The third-order valence-electron chi connectivity index (χ3n) is 2.92. The molecule has 0 aliphatic heterocycles. The molecule has 0 radical (unpaired) electrons. The number of hydrogen-bond donors (Lipinski definition) is 1. The van der Waals surface area contributed by atoms with Crippen molar-refractivity contribution in [1.82, 2.24) is 9.55 Å². The monoisotopic (exact) mass is 233 g/mol. The van der Waals surface area contributed by atoms with Crippen LogP contribution in [0.3, 0.4) is 0 Å². The number of imidazole rings is 1.